The summed E-state index contributed by atoms with van der Waals surface area (Å²) in [6.07, 6.45) is -4.44. The van der Waals surface area contributed by atoms with Gasteiger partial charge in [-0.2, -0.15) is 13.2 Å². The SMILES string of the molecule is CC(=O)N[C@@H](C)C(=O)N[C@@H](CCCN=C(N)N)C(=O)N[C@@H](C)C(=O)Nc1ccccc1.O=C(O)C(F)(F)F. The van der Waals surface area contributed by atoms with Crippen LogP contribution < -0.4 is 32.7 Å². The van der Waals surface area contributed by atoms with Gasteiger partial charge < -0.3 is 37.8 Å². The van der Waals surface area contributed by atoms with E-state index in [0.717, 1.165) is 0 Å². The average Bonchev–Trinajstić information content (AvgIpc) is 2.80. The molecule has 3 atom stereocenters. The standard InChI is InChI=1S/C20H31N7O4.C2HF3O2/c1-12(24-14(3)28)18(30)27-16(10-7-11-23-20(21)22)19(31)25-13(2)17(29)26-15-8-5-4-6-9-15;3-2(4,5)1(6)7/h4-6,8-9,12-13,16H,7,10-11H2,1-3H3,(H,24,28)(H,25,31)(H,26,29)(H,27,30)(H4,21,22,23);(H,6,7)/t12-,13-,16-;/m0./s1. The molecule has 1 aromatic rings. The summed E-state index contributed by atoms with van der Waals surface area (Å²) >= 11 is 0. The van der Waals surface area contributed by atoms with Crippen molar-refractivity contribution in [1.82, 2.24) is 16.0 Å². The van der Waals surface area contributed by atoms with Gasteiger partial charge in [0.25, 0.3) is 0 Å². The van der Waals surface area contributed by atoms with Crippen LogP contribution in [0, 0.1) is 0 Å². The molecule has 1 aromatic carbocycles. The lowest BCUT2D eigenvalue weighted by molar-refractivity contribution is -0.192. The Kier molecular flexibility index (Phi) is 14.5. The van der Waals surface area contributed by atoms with Gasteiger partial charge in [-0.15, -0.1) is 0 Å². The van der Waals surface area contributed by atoms with Crippen molar-refractivity contribution in [1.29, 1.82) is 0 Å². The summed E-state index contributed by atoms with van der Waals surface area (Å²) in [4.78, 5) is 61.4. The summed E-state index contributed by atoms with van der Waals surface area (Å²) in [6, 6.07) is 6.20. The molecule has 0 aromatic heterocycles. The summed E-state index contributed by atoms with van der Waals surface area (Å²) in [7, 11) is 0. The number of carbonyl (C=O) groups is 5. The molecule has 16 heteroatoms. The number of guanidine groups is 1. The zero-order valence-electron chi connectivity index (χ0n) is 21.0. The van der Waals surface area contributed by atoms with E-state index in [2.05, 4.69) is 26.3 Å². The first-order valence-electron chi connectivity index (χ1n) is 11.1. The summed E-state index contributed by atoms with van der Waals surface area (Å²) in [5, 5.41) is 17.5. The fraction of sp³-hybridized carbons (Fsp3) is 0.455. The minimum absolute atomic E-state index is 0.0736. The van der Waals surface area contributed by atoms with Crippen LogP contribution in [-0.2, 0) is 24.0 Å². The third-order valence-corrected chi connectivity index (χ3v) is 4.43. The quantitative estimate of drug-likeness (QED) is 0.112. The molecule has 4 amide bonds. The lowest BCUT2D eigenvalue weighted by atomic mass is 10.1. The Morgan fingerprint density at radius 1 is 0.921 bits per heavy atom. The Bertz CT molecular complexity index is 985. The Hall–Kier alpha value is -4.37. The highest BCUT2D eigenvalue weighted by Crippen LogP contribution is 2.13. The Balaban J connectivity index is 0.00000171. The van der Waals surface area contributed by atoms with Gasteiger partial charge >= 0.3 is 12.1 Å². The monoisotopic (exact) mass is 547 g/mol. The number of benzene rings is 1. The number of aliphatic carboxylic acids is 1. The number of para-hydroxylation sites is 1. The Labute approximate surface area is 216 Å². The fourth-order valence-electron chi connectivity index (χ4n) is 2.59. The van der Waals surface area contributed by atoms with E-state index in [9.17, 15) is 32.3 Å². The number of rotatable bonds is 11. The van der Waals surface area contributed by atoms with E-state index in [1.54, 1.807) is 24.3 Å². The molecule has 0 unspecified atom stereocenters. The van der Waals surface area contributed by atoms with Gasteiger partial charge in [0.05, 0.1) is 0 Å². The molecule has 0 saturated carbocycles. The lowest BCUT2D eigenvalue weighted by Gasteiger charge is -2.23. The maximum absolute atomic E-state index is 12.7. The second-order valence-corrected chi connectivity index (χ2v) is 7.82. The minimum Gasteiger partial charge on any atom is -0.475 e. The highest BCUT2D eigenvalue weighted by Gasteiger charge is 2.38. The van der Waals surface area contributed by atoms with Crippen molar-refractivity contribution >= 4 is 41.2 Å². The molecule has 38 heavy (non-hydrogen) atoms. The number of carboxylic acids is 1. The first-order valence-corrected chi connectivity index (χ1v) is 11.1. The van der Waals surface area contributed by atoms with Gasteiger partial charge in [-0.1, -0.05) is 18.2 Å². The second kappa shape index (κ2) is 16.4. The number of hydrogen-bond donors (Lipinski definition) is 7. The van der Waals surface area contributed by atoms with Crippen LogP contribution in [0.4, 0.5) is 18.9 Å². The lowest BCUT2D eigenvalue weighted by Crippen LogP contribution is -2.55. The molecule has 0 aliphatic carbocycles. The molecule has 0 aliphatic rings. The van der Waals surface area contributed by atoms with Gasteiger partial charge in [0.2, 0.25) is 23.6 Å². The van der Waals surface area contributed by atoms with E-state index in [0.29, 0.717) is 12.1 Å². The van der Waals surface area contributed by atoms with E-state index in [1.165, 1.54) is 20.8 Å². The zero-order chi connectivity index (χ0) is 29.5. The summed E-state index contributed by atoms with van der Waals surface area (Å²) < 4.78 is 31.7. The number of anilines is 1. The van der Waals surface area contributed by atoms with Crippen LogP contribution >= 0.6 is 0 Å². The maximum atomic E-state index is 12.7. The predicted molar refractivity (Wildman–Crippen MR) is 131 cm³/mol. The maximum Gasteiger partial charge on any atom is 0.490 e. The van der Waals surface area contributed by atoms with Gasteiger partial charge in [-0.05, 0) is 38.8 Å². The zero-order valence-corrected chi connectivity index (χ0v) is 21.0. The average molecular weight is 548 g/mol. The normalized spacial score (nSPS) is 12.8. The van der Waals surface area contributed by atoms with Gasteiger partial charge in [0.1, 0.15) is 18.1 Å². The van der Waals surface area contributed by atoms with Crippen LogP contribution in [0.15, 0.2) is 35.3 Å². The Morgan fingerprint density at radius 3 is 1.92 bits per heavy atom. The number of amides is 4. The van der Waals surface area contributed by atoms with E-state index in [1.807, 2.05) is 6.07 Å². The molecule has 1 rings (SSSR count). The third kappa shape index (κ3) is 14.9. The number of nitrogens with one attached hydrogen (secondary N) is 4. The third-order valence-electron chi connectivity index (χ3n) is 4.43. The first-order chi connectivity index (χ1) is 17.5. The molecule has 0 bridgehead atoms. The van der Waals surface area contributed by atoms with Gasteiger partial charge in [-0.25, -0.2) is 4.79 Å². The molecular formula is C22H32F3N7O6. The minimum atomic E-state index is -5.08. The van der Waals surface area contributed by atoms with Crippen LogP contribution in [0.1, 0.15) is 33.6 Å². The van der Waals surface area contributed by atoms with Crippen LogP contribution in [0.5, 0.6) is 0 Å². The van der Waals surface area contributed by atoms with Crippen LogP contribution in [0.2, 0.25) is 0 Å². The smallest absolute Gasteiger partial charge is 0.475 e. The number of aliphatic imine (C=N–C) groups is 1. The van der Waals surface area contributed by atoms with Gasteiger partial charge in [0.15, 0.2) is 5.96 Å². The molecule has 0 aliphatic heterocycles. The van der Waals surface area contributed by atoms with E-state index < -0.39 is 48.0 Å². The number of carboxylic acid groups (broad SMARTS) is 1. The summed E-state index contributed by atoms with van der Waals surface area (Å²) in [5.74, 6) is -4.68. The number of carbonyl (C=O) groups excluding carboxylic acids is 4. The number of hydrogen-bond acceptors (Lipinski definition) is 6. The van der Waals surface area contributed by atoms with Gasteiger partial charge in [0, 0.05) is 19.2 Å². The van der Waals surface area contributed by atoms with Crippen molar-refractivity contribution in [3.05, 3.63) is 30.3 Å². The summed E-state index contributed by atoms with van der Waals surface area (Å²) in [6.45, 7) is 4.60. The number of nitrogens with two attached hydrogens (primary N) is 2. The van der Waals surface area contributed by atoms with Gasteiger partial charge in [-0.3, -0.25) is 24.2 Å². The summed E-state index contributed by atoms with van der Waals surface area (Å²) in [5.41, 5.74) is 11.2. The van der Waals surface area contributed by atoms with Crippen LogP contribution in [0.3, 0.4) is 0 Å². The molecule has 212 valence electrons. The fourth-order valence-corrected chi connectivity index (χ4v) is 2.59. The molecular weight excluding hydrogens is 515 g/mol. The first kappa shape index (κ1) is 33.6. The topological polar surface area (TPSA) is 218 Å². The van der Waals surface area contributed by atoms with E-state index in [-0.39, 0.29) is 24.8 Å². The largest absolute Gasteiger partial charge is 0.490 e. The van der Waals surface area contributed by atoms with Crippen LogP contribution in [-0.4, -0.2) is 71.5 Å². The highest BCUT2D eigenvalue weighted by atomic mass is 19.4. The highest BCUT2D eigenvalue weighted by molar-refractivity contribution is 5.98. The van der Waals surface area contributed by atoms with Crippen molar-refractivity contribution in [3.8, 4) is 0 Å². The molecule has 0 saturated heterocycles. The molecule has 0 radical (unpaired) electrons. The Morgan fingerprint density at radius 2 is 1.45 bits per heavy atom. The predicted octanol–water partition coefficient (Wildman–Crippen LogP) is -0.174. The van der Waals surface area contributed by atoms with Crippen molar-refractivity contribution in [2.24, 2.45) is 16.5 Å². The molecule has 0 spiro atoms. The molecule has 13 nitrogen and oxygen atoms in total. The second-order valence-electron chi connectivity index (χ2n) is 7.82. The number of nitrogens with zero attached hydrogens (tertiary/aromatic N) is 1. The molecule has 9 N–H and O–H groups in total. The van der Waals surface area contributed by atoms with E-state index in [4.69, 9.17) is 21.4 Å². The van der Waals surface area contributed by atoms with Crippen molar-refractivity contribution in [2.45, 2.75) is 57.9 Å². The number of halogens is 3. The van der Waals surface area contributed by atoms with Crippen molar-refractivity contribution in [3.63, 3.8) is 0 Å². The number of alkyl halides is 3. The van der Waals surface area contributed by atoms with Crippen LogP contribution in [0.25, 0.3) is 0 Å². The van der Waals surface area contributed by atoms with E-state index >= 15 is 0 Å². The molecule has 0 heterocycles. The van der Waals surface area contributed by atoms with Crippen molar-refractivity contribution in [2.75, 3.05) is 11.9 Å². The van der Waals surface area contributed by atoms with Crippen molar-refractivity contribution < 1.29 is 42.3 Å². The molecule has 0 fully saturated rings.